The number of aromatic nitrogens is 1. The van der Waals surface area contributed by atoms with Gasteiger partial charge < -0.3 is 21.0 Å². The lowest BCUT2D eigenvalue weighted by molar-refractivity contribution is 0.0699. The van der Waals surface area contributed by atoms with Crippen molar-refractivity contribution in [2.45, 2.75) is 32.2 Å². The van der Waals surface area contributed by atoms with Gasteiger partial charge in [0.25, 0.3) is 0 Å². The van der Waals surface area contributed by atoms with Crippen molar-refractivity contribution in [3.8, 4) is 0 Å². The fourth-order valence-corrected chi connectivity index (χ4v) is 2.48. The number of carboxylic acids is 1. The second-order valence-electron chi connectivity index (χ2n) is 5.47. The Hall–Kier alpha value is -1.73. The number of hydrogen-bond donors (Lipinski definition) is 3. The number of unbranched alkanes of at least 4 members (excludes halogenated alkanes) is 1. The van der Waals surface area contributed by atoms with Crippen LogP contribution in [0.1, 0.15) is 35.7 Å². The average Bonchev–Trinajstić information content (AvgIpc) is 2.53. The topological polar surface area (TPSA) is 114 Å². The zero-order valence-corrected chi connectivity index (χ0v) is 14.5. The van der Waals surface area contributed by atoms with E-state index < -0.39 is 5.97 Å². The van der Waals surface area contributed by atoms with Gasteiger partial charge in [0.05, 0.1) is 17.7 Å². The summed E-state index contributed by atoms with van der Waals surface area (Å²) < 4.78 is 0. The van der Waals surface area contributed by atoms with Crippen LogP contribution in [-0.4, -0.2) is 45.8 Å². The number of aliphatic hydroxyl groups excluding tert-OH is 1. The van der Waals surface area contributed by atoms with Crippen molar-refractivity contribution in [3.63, 3.8) is 0 Å². The highest BCUT2D eigenvalue weighted by Gasteiger charge is 2.11. The predicted octanol–water partition coefficient (Wildman–Crippen LogP) is 1.82. The number of pyridine rings is 1. The smallest absolute Gasteiger partial charge is 0.337 e. The van der Waals surface area contributed by atoms with Gasteiger partial charge >= 0.3 is 5.97 Å². The number of nitrogens with zero attached hydrogens (tertiary/aromatic N) is 1. The molecule has 1 aromatic heterocycles. The van der Waals surface area contributed by atoms with E-state index in [9.17, 15) is 9.90 Å². The molecule has 0 aliphatic heterocycles. The number of carbonyl (C=O) groups is 1. The third-order valence-electron chi connectivity index (χ3n) is 3.73. The fraction of sp³-hybridized carbons (Fsp3) is 0.412. The minimum atomic E-state index is -0.947. The Morgan fingerprint density at radius 1 is 1.29 bits per heavy atom. The van der Waals surface area contributed by atoms with Crippen molar-refractivity contribution < 1.29 is 20.5 Å². The van der Waals surface area contributed by atoms with Crippen LogP contribution < -0.4 is 5.32 Å². The number of benzene rings is 1. The van der Waals surface area contributed by atoms with E-state index in [4.69, 9.17) is 5.11 Å². The summed E-state index contributed by atoms with van der Waals surface area (Å²) in [6.07, 6.45) is 4.52. The molecule has 1 atom stereocenters. The first kappa shape index (κ1) is 22.3. The minimum Gasteiger partial charge on any atom is -0.478 e. The molecule has 0 amide bonds. The number of nitrogens with one attached hydrogen (secondary N) is 1. The minimum absolute atomic E-state index is 0. The average molecular weight is 357 g/mol. The number of carboxylic acid groups (broad SMARTS) is 1. The summed E-state index contributed by atoms with van der Waals surface area (Å²) in [5, 5.41) is 22.3. The molecule has 2 rings (SSSR count). The maximum absolute atomic E-state index is 11.2. The van der Waals surface area contributed by atoms with E-state index in [2.05, 4.69) is 10.3 Å². The summed E-state index contributed by atoms with van der Waals surface area (Å²) in [4.78, 5) is 15.5. The van der Waals surface area contributed by atoms with Gasteiger partial charge in [0.1, 0.15) is 0 Å². The van der Waals surface area contributed by atoms with E-state index in [1.54, 1.807) is 12.3 Å². The molecule has 24 heavy (non-hydrogen) atoms. The summed E-state index contributed by atoms with van der Waals surface area (Å²) in [7, 11) is 0. The van der Waals surface area contributed by atoms with Crippen LogP contribution in [0.4, 0.5) is 0 Å². The summed E-state index contributed by atoms with van der Waals surface area (Å²) in [6.45, 7) is 2.96. The van der Waals surface area contributed by atoms with Crippen LogP contribution in [-0.2, 0) is 6.42 Å². The molecule has 7 heteroatoms. The first-order valence-electron chi connectivity index (χ1n) is 7.57. The van der Waals surface area contributed by atoms with Crippen molar-refractivity contribution in [1.29, 1.82) is 0 Å². The lowest BCUT2D eigenvalue weighted by Gasteiger charge is -2.11. The second kappa shape index (κ2) is 10.9. The molecule has 0 saturated carbocycles. The number of aryl methyl sites for hydroxylation is 1. The van der Waals surface area contributed by atoms with Crippen molar-refractivity contribution in [2.24, 2.45) is 0 Å². The maximum Gasteiger partial charge on any atom is 0.337 e. The standard InChI is InChI=1S/C17H22N2O3.ClH.H2O/c1-12(11-20)18-9-3-2-5-13-7-8-15(17(21)22)16-14(13)6-4-10-19-16;;/h4,6-8,10,12,18,20H,2-3,5,9,11H2,1H3,(H,21,22);1H;1H2. The van der Waals surface area contributed by atoms with Gasteiger partial charge in [0, 0.05) is 17.6 Å². The van der Waals surface area contributed by atoms with Gasteiger partial charge in [-0.3, -0.25) is 4.98 Å². The number of aliphatic hydroxyl groups is 1. The third kappa shape index (κ3) is 5.72. The van der Waals surface area contributed by atoms with Gasteiger partial charge in [-0.2, -0.15) is 0 Å². The van der Waals surface area contributed by atoms with Crippen molar-refractivity contribution in [2.75, 3.05) is 13.2 Å². The molecular weight excluding hydrogens is 332 g/mol. The largest absolute Gasteiger partial charge is 0.478 e. The summed E-state index contributed by atoms with van der Waals surface area (Å²) in [6, 6.07) is 7.41. The molecule has 0 spiro atoms. The van der Waals surface area contributed by atoms with Gasteiger partial charge in [0.2, 0.25) is 0 Å². The molecule has 1 unspecified atom stereocenters. The Balaban J connectivity index is 0.00000264. The number of aromatic carboxylic acids is 1. The lowest BCUT2D eigenvalue weighted by atomic mass is 9.99. The Morgan fingerprint density at radius 2 is 2.04 bits per heavy atom. The van der Waals surface area contributed by atoms with Crippen LogP contribution in [0.3, 0.4) is 0 Å². The van der Waals surface area contributed by atoms with Crippen LogP contribution in [0.5, 0.6) is 0 Å². The Morgan fingerprint density at radius 3 is 2.71 bits per heavy atom. The van der Waals surface area contributed by atoms with Gasteiger partial charge in [-0.05, 0) is 50.4 Å². The highest BCUT2D eigenvalue weighted by molar-refractivity contribution is 6.02. The molecule has 6 nitrogen and oxygen atoms in total. The normalized spacial score (nSPS) is 11.4. The SMILES string of the molecule is CC(CO)NCCCCc1ccc(C(=O)O)c2ncccc12.Cl.O. The molecule has 0 aliphatic carbocycles. The molecule has 1 aromatic carbocycles. The third-order valence-corrected chi connectivity index (χ3v) is 3.73. The van der Waals surface area contributed by atoms with Gasteiger partial charge in [0.15, 0.2) is 0 Å². The Labute approximate surface area is 147 Å². The zero-order chi connectivity index (χ0) is 15.9. The molecule has 2 aromatic rings. The Bertz CT molecular complexity index is 652. The van der Waals surface area contributed by atoms with E-state index in [-0.39, 0.29) is 36.1 Å². The van der Waals surface area contributed by atoms with Crippen LogP contribution in [0.25, 0.3) is 10.9 Å². The van der Waals surface area contributed by atoms with E-state index >= 15 is 0 Å². The van der Waals surface area contributed by atoms with E-state index in [1.807, 2.05) is 25.1 Å². The molecule has 0 radical (unpaired) electrons. The van der Waals surface area contributed by atoms with Crippen molar-refractivity contribution in [1.82, 2.24) is 10.3 Å². The van der Waals surface area contributed by atoms with E-state index in [1.165, 1.54) is 0 Å². The van der Waals surface area contributed by atoms with Crippen LogP contribution in [0.2, 0.25) is 0 Å². The number of hydrogen-bond acceptors (Lipinski definition) is 4. The summed E-state index contributed by atoms with van der Waals surface area (Å²) in [5.41, 5.74) is 1.93. The van der Waals surface area contributed by atoms with E-state index in [0.717, 1.165) is 36.8 Å². The van der Waals surface area contributed by atoms with Crippen LogP contribution >= 0.6 is 12.4 Å². The zero-order valence-electron chi connectivity index (χ0n) is 13.7. The maximum atomic E-state index is 11.2. The monoisotopic (exact) mass is 356 g/mol. The predicted molar refractivity (Wildman–Crippen MR) is 97.1 cm³/mol. The Kier molecular flexibility index (Phi) is 10.1. The summed E-state index contributed by atoms with van der Waals surface area (Å²) >= 11 is 0. The quantitative estimate of drug-likeness (QED) is 0.624. The first-order valence-corrected chi connectivity index (χ1v) is 7.57. The van der Waals surface area contributed by atoms with Gasteiger partial charge in [-0.15, -0.1) is 12.4 Å². The van der Waals surface area contributed by atoms with E-state index in [0.29, 0.717) is 5.52 Å². The summed E-state index contributed by atoms with van der Waals surface area (Å²) in [5.74, 6) is -0.947. The molecule has 0 fully saturated rings. The number of fused-ring (bicyclic) bond motifs is 1. The van der Waals surface area contributed by atoms with Crippen molar-refractivity contribution in [3.05, 3.63) is 41.6 Å². The highest BCUT2D eigenvalue weighted by atomic mass is 35.5. The van der Waals surface area contributed by atoms with Gasteiger partial charge in [-0.25, -0.2) is 4.79 Å². The molecular formula is C17H25ClN2O4. The molecule has 5 N–H and O–H groups in total. The van der Waals surface area contributed by atoms with Crippen LogP contribution in [0, 0.1) is 0 Å². The molecule has 134 valence electrons. The number of halogens is 1. The fourth-order valence-electron chi connectivity index (χ4n) is 2.48. The number of rotatable bonds is 8. The molecule has 0 aliphatic rings. The highest BCUT2D eigenvalue weighted by Crippen LogP contribution is 2.22. The molecule has 1 heterocycles. The first-order chi connectivity index (χ1) is 10.6. The van der Waals surface area contributed by atoms with Gasteiger partial charge in [-0.1, -0.05) is 12.1 Å². The van der Waals surface area contributed by atoms with Crippen LogP contribution in [0.15, 0.2) is 30.5 Å². The molecule has 0 bridgehead atoms. The molecule has 0 saturated heterocycles. The van der Waals surface area contributed by atoms with Crippen molar-refractivity contribution >= 4 is 29.3 Å². The lowest BCUT2D eigenvalue weighted by Crippen LogP contribution is -2.30. The second-order valence-corrected chi connectivity index (χ2v) is 5.47.